The van der Waals surface area contributed by atoms with E-state index in [1.165, 1.54) is 7.11 Å². The number of carbonyl (C=O) groups excluding carboxylic acids is 2. The van der Waals surface area contributed by atoms with Crippen molar-refractivity contribution in [3.05, 3.63) is 59.9 Å². The maximum Gasteiger partial charge on any atom is 0.307 e. The van der Waals surface area contributed by atoms with Crippen molar-refractivity contribution in [2.24, 2.45) is 0 Å². The lowest BCUT2D eigenvalue weighted by atomic mass is 10.1. The number of rotatable bonds is 8. The molecule has 2 aromatic rings. The number of amides is 1. The lowest BCUT2D eigenvalue weighted by Crippen LogP contribution is -2.37. The highest BCUT2D eigenvalue weighted by molar-refractivity contribution is 5.94. The first-order valence-electron chi connectivity index (χ1n) is 9.88. The van der Waals surface area contributed by atoms with Crippen LogP contribution in [-0.2, 0) is 16.1 Å². The van der Waals surface area contributed by atoms with Gasteiger partial charge in [0.2, 0.25) is 0 Å². The quantitative estimate of drug-likeness (QED) is 0.689. The molecule has 0 radical (unpaired) electrons. The largest absolute Gasteiger partial charge is 0.490 e. The number of aromatic nitrogens is 1. The number of hydrogen-bond donors (Lipinski definition) is 1. The molecule has 3 rings (SSSR count). The van der Waals surface area contributed by atoms with E-state index >= 15 is 0 Å². The highest BCUT2D eigenvalue weighted by atomic mass is 16.5. The van der Waals surface area contributed by atoms with Gasteiger partial charge in [-0.3, -0.25) is 19.5 Å². The van der Waals surface area contributed by atoms with Crippen LogP contribution in [0, 0.1) is 0 Å². The van der Waals surface area contributed by atoms with Crippen LogP contribution in [0.5, 0.6) is 5.75 Å². The minimum Gasteiger partial charge on any atom is -0.490 e. The molecule has 0 atom stereocenters. The molecule has 0 aliphatic carbocycles. The molecule has 1 amide bonds. The molecule has 1 aliphatic rings. The first-order chi connectivity index (χ1) is 14.1. The van der Waals surface area contributed by atoms with E-state index in [9.17, 15) is 9.59 Å². The van der Waals surface area contributed by atoms with Crippen LogP contribution in [0.3, 0.4) is 0 Å². The number of likely N-dealkylation sites (tertiary alicyclic amines) is 1. The summed E-state index contributed by atoms with van der Waals surface area (Å²) in [6, 6.07) is 13.1. The fraction of sp³-hybridized carbons (Fsp3) is 0.409. The Balaban J connectivity index is 1.41. The number of piperidine rings is 1. The molecule has 1 aromatic heterocycles. The van der Waals surface area contributed by atoms with Gasteiger partial charge in [-0.15, -0.1) is 0 Å². The maximum absolute atomic E-state index is 12.1. The normalized spacial score (nSPS) is 14.9. The molecular formula is C22H27N3O4. The van der Waals surface area contributed by atoms with E-state index in [1.807, 2.05) is 30.5 Å². The number of carbonyl (C=O) groups is 2. The van der Waals surface area contributed by atoms with E-state index in [1.54, 1.807) is 12.1 Å². The van der Waals surface area contributed by atoms with Gasteiger partial charge < -0.3 is 14.8 Å². The molecule has 0 saturated carbocycles. The average molecular weight is 397 g/mol. The number of pyridine rings is 1. The Hall–Kier alpha value is -2.93. The minimum atomic E-state index is -0.347. The summed E-state index contributed by atoms with van der Waals surface area (Å²) in [6.45, 7) is 3.07. The Morgan fingerprint density at radius 1 is 1.14 bits per heavy atom. The number of methoxy groups -OCH3 is 1. The molecule has 0 bridgehead atoms. The lowest BCUT2D eigenvalue weighted by Gasteiger charge is -2.31. The predicted octanol–water partition coefficient (Wildman–Crippen LogP) is 2.42. The molecule has 1 fully saturated rings. The molecule has 1 aliphatic heterocycles. The lowest BCUT2D eigenvalue weighted by molar-refractivity contribution is -0.140. The Labute approximate surface area is 171 Å². The van der Waals surface area contributed by atoms with Crippen molar-refractivity contribution in [3.8, 4) is 5.75 Å². The molecule has 0 spiro atoms. The second-order valence-corrected chi connectivity index (χ2v) is 7.02. The van der Waals surface area contributed by atoms with Crippen LogP contribution in [0.15, 0.2) is 48.7 Å². The van der Waals surface area contributed by atoms with E-state index in [4.69, 9.17) is 4.74 Å². The van der Waals surface area contributed by atoms with E-state index in [-0.39, 0.29) is 30.9 Å². The monoisotopic (exact) mass is 397 g/mol. The number of nitrogens with zero attached hydrogens (tertiary/aromatic N) is 2. The number of ether oxygens (including phenoxy) is 2. The second-order valence-electron chi connectivity index (χ2n) is 7.02. The first-order valence-corrected chi connectivity index (χ1v) is 9.88. The van der Waals surface area contributed by atoms with Crippen molar-refractivity contribution in [3.63, 3.8) is 0 Å². The summed E-state index contributed by atoms with van der Waals surface area (Å²) in [7, 11) is 1.33. The summed E-state index contributed by atoms with van der Waals surface area (Å²) in [4.78, 5) is 29.9. The van der Waals surface area contributed by atoms with Crippen molar-refractivity contribution in [2.45, 2.75) is 31.9 Å². The van der Waals surface area contributed by atoms with Gasteiger partial charge in [-0.1, -0.05) is 6.07 Å². The number of nitrogens with one attached hydrogen (secondary N) is 1. The number of benzene rings is 1. The first kappa shape index (κ1) is 20.8. The second kappa shape index (κ2) is 10.6. The van der Waals surface area contributed by atoms with Crippen LogP contribution >= 0.6 is 0 Å². The average Bonchev–Trinajstić information content (AvgIpc) is 2.76. The van der Waals surface area contributed by atoms with Crippen LogP contribution < -0.4 is 10.1 Å². The summed E-state index contributed by atoms with van der Waals surface area (Å²) in [6.07, 6.45) is 4.08. The van der Waals surface area contributed by atoms with Crippen molar-refractivity contribution in [1.82, 2.24) is 15.2 Å². The Bertz CT molecular complexity index is 787. The number of hydrogen-bond acceptors (Lipinski definition) is 6. The summed E-state index contributed by atoms with van der Waals surface area (Å²) >= 11 is 0. The van der Waals surface area contributed by atoms with E-state index in [2.05, 4.69) is 26.0 Å². The third kappa shape index (κ3) is 6.57. The summed E-state index contributed by atoms with van der Waals surface area (Å²) in [5, 5.41) is 2.70. The molecule has 1 N–H and O–H groups in total. The van der Waals surface area contributed by atoms with Crippen molar-refractivity contribution >= 4 is 11.9 Å². The van der Waals surface area contributed by atoms with Gasteiger partial charge in [0.1, 0.15) is 11.9 Å². The predicted molar refractivity (Wildman–Crippen MR) is 109 cm³/mol. The van der Waals surface area contributed by atoms with E-state index in [0.717, 1.165) is 43.9 Å². The van der Waals surface area contributed by atoms with Gasteiger partial charge in [-0.25, -0.2) is 0 Å². The Morgan fingerprint density at radius 2 is 1.90 bits per heavy atom. The summed E-state index contributed by atoms with van der Waals surface area (Å²) in [5.74, 6) is 0.197. The fourth-order valence-electron chi connectivity index (χ4n) is 3.27. The zero-order chi connectivity index (χ0) is 20.5. The van der Waals surface area contributed by atoms with Gasteiger partial charge >= 0.3 is 5.97 Å². The zero-order valence-corrected chi connectivity index (χ0v) is 16.7. The van der Waals surface area contributed by atoms with Crippen molar-refractivity contribution < 1.29 is 19.1 Å². The van der Waals surface area contributed by atoms with Gasteiger partial charge in [0.15, 0.2) is 0 Å². The third-order valence-corrected chi connectivity index (χ3v) is 4.91. The van der Waals surface area contributed by atoms with Gasteiger partial charge in [0.25, 0.3) is 5.91 Å². The molecule has 29 heavy (non-hydrogen) atoms. The Kier molecular flexibility index (Phi) is 7.58. The van der Waals surface area contributed by atoms with Gasteiger partial charge in [-0.05, 0) is 49.2 Å². The smallest absolute Gasteiger partial charge is 0.307 e. The molecular weight excluding hydrogens is 370 g/mol. The highest BCUT2D eigenvalue weighted by Crippen LogP contribution is 2.20. The highest BCUT2D eigenvalue weighted by Gasteiger charge is 2.21. The molecule has 7 heteroatoms. The molecule has 1 aromatic carbocycles. The summed E-state index contributed by atoms with van der Waals surface area (Å²) < 4.78 is 10.6. The van der Waals surface area contributed by atoms with Gasteiger partial charge in [0.05, 0.1) is 19.2 Å². The Morgan fingerprint density at radius 3 is 2.55 bits per heavy atom. The molecule has 154 valence electrons. The number of esters is 1. The maximum atomic E-state index is 12.1. The molecule has 2 heterocycles. The zero-order valence-electron chi connectivity index (χ0n) is 16.7. The van der Waals surface area contributed by atoms with Crippen molar-refractivity contribution in [1.29, 1.82) is 0 Å². The van der Waals surface area contributed by atoms with E-state index < -0.39 is 0 Å². The van der Waals surface area contributed by atoms with E-state index in [0.29, 0.717) is 5.56 Å². The third-order valence-electron chi connectivity index (χ3n) is 4.91. The SMILES string of the molecule is COC(=O)CCNC(=O)c1ccc(OC2CCN(Cc3ccccn3)CC2)cc1. The topological polar surface area (TPSA) is 80.8 Å². The summed E-state index contributed by atoms with van der Waals surface area (Å²) in [5.41, 5.74) is 1.62. The fourth-order valence-corrected chi connectivity index (χ4v) is 3.27. The van der Waals surface area contributed by atoms with Crippen LogP contribution in [0.1, 0.15) is 35.3 Å². The standard InChI is InChI=1S/C22H27N3O4/c1-28-21(26)9-13-24-22(27)17-5-7-19(8-6-17)29-20-10-14-25(15-11-20)16-18-4-2-3-12-23-18/h2-8,12,20H,9-11,13-16H2,1H3,(H,24,27). The van der Waals surface area contributed by atoms with Crippen LogP contribution in [0.4, 0.5) is 0 Å². The van der Waals surface area contributed by atoms with Gasteiger partial charge in [0, 0.05) is 37.9 Å². The van der Waals surface area contributed by atoms with Crippen LogP contribution in [-0.4, -0.2) is 54.6 Å². The molecule has 7 nitrogen and oxygen atoms in total. The molecule has 1 saturated heterocycles. The minimum absolute atomic E-state index is 0.155. The molecule has 0 unspecified atom stereocenters. The van der Waals surface area contributed by atoms with Crippen molar-refractivity contribution in [2.75, 3.05) is 26.7 Å². The van der Waals surface area contributed by atoms with Crippen LogP contribution in [0.25, 0.3) is 0 Å². The van der Waals surface area contributed by atoms with Crippen LogP contribution in [0.2, 0.25) is 0 Å². The van der Waals surface area contributed by atoms with Gasteiger partial charge in [-0.2, -0.15) is 0 Å².